The number of rotatable bonds is 7. The van der Waals surface area contributed by atoms with Crippen molar-refractivity contribution in [2.24, 2.45) is 0 Å². The van der Waals surface area contributed by atoms with E-state index >= 15 is 0 Å². The number of carbonyl (C=O) groups excluding carboxylic acids is 1. The molecule has 104 valence electrons. The van der Waals surface area contributed by atoms with Crippen LogP contribution >= 0.6 is 0 Å². The maximum Gasteiger partial charge on any atom is 0.150 e. The Labute approximate surface area is 117 Å². The standard InChI is InChI=1S/C16H16O4/c17-12-13-2-6-15(7-3-13)19-10-1-11-20-16-8-4-14(18)5-9-16/h2-9,12,18H,1,10-11H2. The van der Waals surface area contributed by atoms with Gasteiger partial charge < -0.3 is 14.6 Å². The Morgan fingerprint density at radius 3 is 1.85 bits per heavy atom. The fourth-order valence-corrected chi connectivity index (χ4v) is 1.62. The van der Waals surface area contributed by atoms with Crippen molar-refractivity contribution in [3.63, 3.8) is 0 Å². The van der Waals surface area contributed by atoms with Gasteiger partial charge in [-0.15, -0.1) is 0 Å². The predicted molar refractivity (Wildman–Crippen MR) is 75.5 cm³/mol. The second-order valence-corrected chi connectivity index (χ2v) is 4.23. The molecule has 0 radical (unpaired) electrons. The van der Waals surface area contributed by atoms with E-state index in [0.717, 1.165) is 24.2 Å². The average Bonchev–Trinajstić information content (AvgIpc) is 2.49. The lowest BCUT2D eigenvalue weighted by atomic mass is 10.2. The van der Waals surface area contributed by atoms with E-state index in [2.05, 4.69) is 0 Å². The molecular weight excluding hydrogens is 256 g/mol. The van der Waals surface area contributed by atoms with Crippen LogP contribution in [-0.4, -0.2) is 24.6 Å². The Kier molecular flexibility index (Phi) is 5.00. The van der Waals surface area contributed by atoms with Gasteiger partial charge in [-0.3, -0.25) is 4.79 Å². The first-order valence-corrected chi connectivity index (χ1v) is 6.38. The number of benzene rings is 2. The average molecular weight is 272 g/mol. The van der Waals surface area contributed by atoms with Crippen LogP contribution in [-0.2, 0) is 0 Å². The molecule has 0 fully saturated rings. The van der Waals surface area contributed by atoms with Crippen LogP contribution in [0.4, 0.5) is 0 Å². The second kappa shape index (κ2) is 7.19. The summed E-state index contributed by atoms with van der Waals surface area (Å²) in [6.45, 7) is 1.08. The van der Waals surface area contributed by atoms with Gasteiger partial charge >= 0.3 is 0 Å². The van der Waals surface area contributed by atoms with E-state index in [1.165, 1.54) is 0 Å². The molecule has 0 spiro atoms. The molecule has 0 atom stereocenters. The molecule has 0 aliphatic rings. The van der Waals surface area contributed by atoms with Crippen LogP contribution in [0.2, 0.25) is 0 Å². The lowest BCUT2D eigenvalue weighted by molar-refractivity contribution is 0.112. The van der Waals surface area contributed by atoms with E-state index < -0.39 is 0 Å². The molecule has 20 heavy (non-hydrogen) atoms. The zero-order chi connectivity index (χ0) is 14.2. The number of aldehydes is 1. The molecule has 0 aromatic heterocycles. The zero-order valence-electron chi connectivity index (χ0n) is 11.0. The van der Waals surface area contributed by atoms with Crippen molar-refractivity contribution in [1.82, 2.24) is 0 Å². The lowest BCUT2D eigenvalue weighted by Crippen LogP contribution is -2.04. The summed E-state index contributed by atoms with van der Waals surface area (Å²) < 4.78 is 11.0. The Morgan fingerprint density at radius 1 is 0.850 bits per heavy atom. The Bertz CT molecular complexity index is 531. The van der Waals surface area contributed by atoms with Gasteiger partial charge in [0, 0.05) is 12.0 Å². The van der Waals surface area contributed by atoms with Gasteiger partial charge in [0.15, 0.2) is 0 Å². The molecular formula is C16H16O4. The molecule has 0 bridgehead atoms. The van der Waals surface area contributed by atoms with Gasteiger partial charge in [-0.05, 0) is 48.5 Å². The highest BCUT2D eigenvalue weighted by atomic mass is 16.5. The summed E-state index contributed by atoms with van der Waals surface area (Å²) in [4.78, 5) is 10.5. The summed E-state index contributed by atoms with van der Waals surface area (Å²) in [5, 5.41) is 9.13. The van der Waals surface area contributed by atoms with Gasteiger partial charge in [-0.25, -0.2) is 0 Å². The van der Waals surface area contributed by atoms with Gasteiger partial charge in [-0.1, -0.05) is 0 Å². The third-order valence-corrected chi connectivity index (χ3v) is 2.68. The Morgan fingerprint density at radius 2 is 1.35 bits per heavy atom. The van der Waals surface area contributed by atoms with E-state index in [4.69, 9.17) is 14.6 Å². The SMILES string of the molecule is O=Cc1ccc(OCCCOc2ccc(O)cc2)cc1. The van der Waals surface area contributed by atoms with Crippen LogP contribution in [0.25, 0.3) is 0 Å². The quantitative estimate of drug-likeness (QED) is 0.621. The van der Waals surface area contributed by atoms with Crippen LogP contribution in [0.5, 0.6) is 17.2 Å². The number of hydrogen-bond acceptors (Lipinski definition) is 4. The number of hydrogen-bond donors (Lipinski definition) is 1. The topological polar surface area (TPSA) is 55.8 Å². The normalized spacial score (nSPS) is 10.0. The number of carbonyl (C=O) groups is 1. The first-order chi connectivity index (χ1) is 9.78. The lowest BCUT2D eigenvalue weighted by Gasteiger charge is -2.08. The Balaban J connectivity index is 1.65. The number of phenols is 1. The molecule has 0 aliphatic carbocycles. The molecule has 2 aromatic carbocycles. The zero-order valence-corrected chi connectivity index (χ0v) is 11.0. The first kappa shape index (κ1) is 13.9. The highest BCUT2D eigenvalue weighted by molar-refractivity contribution is 5.74. The maximum absolute atomic E-state index is 10.5. The summed E-state index contributed by atoms with van der Waals surface area (Å²) in [7, 11) is 0. The summed E-state index contributed by atoms with van der Waals surface area (Å²) in [5.74, 6) is 1.68. The van der Waals surface area contributed by atoms with Gasteiger partial charge in [-0.2, -0.15) is 0 Å². The predicted octanol–water partition coefficient (Wildman–Crippen LogP) is 3.05. The van der Waals surface area contributed by atoms with Crippen molar-refractivity contribution in [2.75, 3.05) is 13.2 Å². The summed E-state index contributed by atoms with van der Waals surface area (Å²) in [6.07, 6.45) is 1.55. The minimum Gasteiger partial charge on any atom is -0.508 e. The molecule has 0 saturated heterocycles. The first-order valence-electron chi connectivity index (χ1n) is 6.38. The minimum atomic E-state index is 0.222. The number of aromatic hydroxyl groups is 1. The van der Waals surface area contributed by atoms with Crippen LogP contribution in [0, 0.1) is 0 Å². The summed E-state index contributed by atoms with van der Waals surface area (Å²) in [6, 6.07) is 13.6. The number of ether oxygens (including phenoxy) is 2. The van der Waals surface area contributed by atoms with E-state index in [1.807, 2.05) is 0 Å². The third kappa shape index (κ3) is 4.31. The van der Waals surface area contributed by atoms with Gasteiger partial charge in [0.05, 0.1) is 13.2 Å². The fourth-order valence-electron chi connectivity index (χ4n) is 1.62. The van der Waals surface area contributed by atoms with Crippen molar-refractivity contribution in [3.8, 4) is 17.2 Å². The molecule has 0 aliphatic heterocycles. The molecule has 0 saturated carbocycles. The third-order valence-electron chi connectivity index (χ3n) is 2.68. The van der Waals surface area contributed by atoms with E-state index in [1.54, 1.807) is 48.5 Å². The largest absolute Gasteiger partial charge is 0.508 e. The molecule has 0 amide bonds. The summed E-state index contributed by atoms with van der Waals surface area (Å²) >= 11 is 0. The van der Waals surface area contributed by atoms with Crippen molar-refractivity contribution in [3.05, 3.63) is 54.1 Å². The molecule has 2 aromatic rings. The van der Waals surface area contributed by atoms with Crippen LogP contribution in [0.1, 0.15) is 16.8 Å². The van der Waals surface area contributed by atoms with E-state index in [-0.39, 0.29) is 5.75 Å². The van der Waals surface area contributed by atoms with E-state index in [0.29, 0.717) is 18.8 Å². The maximum atomic E-state index is 10.5. The van der Waals surface area contributed by atoms with Crippen LogP contribution in [0.15, 0.2) is 48.5 Å². The number of phenolic OH excluding ortho intramolecular Hbond substituents is 1. The molecule has 4 heteroatoms. The second-order valence-electron chi connectivity index (χ2n) is 4.23. The van der Waals surface area contributed by atoms with Gasteiger partial charge in [0.2, 0.25) is 0 Å². The van der Waals surface area contributed by atoms with Crippen molar-refractivity contribution in [2.45, 2.75) is 6.42 Å². The van der Waals surface area contributed by atoms with Crippen LogP contribution < -0.4 is 9.47 Å². The summed E-state index contributed by atoms with van der Waals surface area (Å²) in [5.41, 5.74) is 0.632. The van der Waals surface area contributed by atoms with Gasteiger partial charge in [0.25, 0.3) is 0 Å². The highest BCUT2D eigenvalue weighted by Gasteiger charge is 1.97. The van der Waals surface area contributed by atoms with Crippen molar-refractivity contribution >= 4 is 6.29 Å². The van der Waals surface area contributed by atoms with Crippen molar-refractivity contribution in [1.29, 1.82) is 0 Å². The highest BCUT2D eigenvalue weighted by Crippen LogP contribution is 2.16. The molecule has 4 nitrogen and oxygen atoms in total. The fraction of sp³-hybridized carbons (Fsp3) is 0.188. The van der Waals surface area contributed by atoms with Crippen LogP contribution in [0.3, 0.4) is 0 Å². The van der Waals surface area contributed by atoms with Crippen molar-refractivity contribution < 1.29 is 19.4 Å². The Hall–Kier alpha value is -2.49. The monoisotopic (exact) mass is 272 g/mol. The molecule has 0 unspecified atom stereocenters. The molecule has 0 heterocycles. The smallest absolute Gasteiger partial charge is 0.150 e. The molecule has 2 rings (SSSR count). The minimum absolute atomic E-state index is 0.222. The van der Waals surface area contributed by atoms with Gasteiger partial charge in [0.1, 0.15) is 23.5 Å². The van der Waals surface area contributed by atoms with E-state index in [9.17, 15) is 4.79 Å². The molecule has 1 N–H and O–H groups in total.